The maximum absolute atomic E-state index is 13.2. The van der Waals surface area contributed by atoms with Crippen LogP contribution in [0.4, 0.5) is 0 Å². The van der Waals surface area contributed by atoms with Crippen LogP contribution in [0.1, 0.15) is 55.8 Å². The van der Waals surface area contributed by atoms with Gasteiger partial charge in [0.25, 0.3) is 11.7 Å². The largest absolute Gasteiger partial charge is 0.507 e. The molecule has 0 spiro atoms. The number of likely N-dealkylation sites (tertiary alicyclic amines) is 1. The molecule has 33 heavy (non-hydrogen) atoms. The Labute approximate surface area is 194 Å². The van der Waals surface area contributed by atoms with E-state index in [1.165, 1.54) is 18.1 Å². The first-order valence-corrected chi connectivity index (χ1v) is 11.2. The molecule has 1 fully saturated rings. The smallest absolute Gasteiger partial charge is 0.295 e. The Morgan fingerprint density at radius 1 is 1.06 bits per heavy atom. The molecule has 1 aliphatic heterocycles. The Morgan fingerprint density at radius 2 is 1.82 bits per heavy atom. The molecule has 1 heterocycles. The number of phenols is 1. The monoisotopic (exact) mass is 453 g/mol. The highest BCUT2D eigenvalue weighted by Crippen LogP contribution is 2.43. The van der Waals surface area contributed by atoms with Crippen molar-refractivity contribution in [2.75, 3.05) is 20.3 Å². The second-order valence-corrected chi connectivity index (χ2v) is 8.06. The number of nitrogens with zero attached hydrogens (tertiary/aromatic N) is 1. The van der Waals surface area contributed by atoms with Crippen molar-refractivity contribution < 1.29 is 29.3 Å². The highest BCUT2D eigenvalue weighted by molar-refractivity contribution is 6.46. The molecular weight excluding hydrogens is 422 g/mol. The van der Waals surface area contributed by atoms with Crippen LogP contribution in [0, 0.1) is 6.92 Å². The Balaban J connectivity index is 2.21. The van der Waals surface area contributed by atoms with Crippen molar-refractivity contribution in [3.05, 3.63) is 58.7 Å². The van der Waals surface area contributed by atoms with Gasteiger partial charge in [-0.2, -0.15) is 0 Å². The van der Waals surface area contributed by atoms with Crippen LogP contribution in [0.5, 0.6) is 17.2 Å². The number of amides is 1. The topological polar surface area (TPSA) is 96.3 Å². The molecule has 1 aliphatic rings. The van der Waals surface area contributed by atoms with E-state index in [0.29, 0.717) is 30.0 Å². The number of rotatable bonds is 9. The van der Waals surface area contributed by atoms with Crippen LogP contribution in [0.3, 0.4) is 0 Å². The van der Waals surface area contributed by atoms with Gasteiger partial charge in [0, 0.05) is 6.54 Å². The fourth-order valence-electron chi connectivity index (χ4n) is 4.11. The van der Waals surface area contributed by atoms with Gasteiger partial charge < -0.3 is 24.6 Å². The average Bonchev–Trinajstić information content (AvgIpc) is 3.05. The molecule has 2 aromatic rings. The number of hydrogen-bond donors (Lipinski definition) is 2. The third kappa shape index (κ3) is 4.82. The van der Waals surface area contributed by atoms with E-state index >= 15 is 0 Å². The normalized spacial score (nSPS) is 17.5. The van der Waals surface area contributed by atoms with E-state index in [4.69, 9.17) is 9.47 Å². The lowest BCUT2D eigenvalue weighted by Gasteiger charge is -2.26. The number of Topliss-reactive ketones (excluding diaryl/α,β-unsaturated/α-hetero) is 1. The third-order valence-electron chi connectivity index (χ3n) is 5.75. The second kappa shape index (κ2) is 10.4. The molecule has 1 saturated heterocycles. The van der Waals surface area contributed by atoms with Crippen LogP contribution in [0.25, 0.3) is 5.76 Å². The van der Waals surface area contributed by atoms with Crippen molar-refractivity contribution in [1.29, 1.82) is 0 Å². The lowest BCUT2D eigenvalue weighted by molar-refractivity contribution is -0.139. The Kier molecular flexibility index (Phi) is 7.63. The van der Waals surface area contributed by atoms with Crippen molar-refractivity contribution in [1.82, 2.24) is 4.90 Å². The highest BCUT2D eigenvalue weighted by Gasteiger charge is 2.46. The van der Waals surface area contributed by atoms with Crippen molar-refractivity contribution in [2.24, 2.45) is 0 Å². The maximum atomic E-state index is 13.2. The molecule has 2 aromatic carbocycles. The van der Waals surface area contributed by atoms with Crippen LogP contribution >= 0.6 is 0 Å². The minimum absolute atomic E-state index is 0.00598. The highest BCUT2D eigenvalue weighted by atomic mass is 16.5. The Hall–Kier alpha value is -3.48. The summed E-state index contributed by atoms with van der Waals surface area (Å²) >= 11 is 0. The molecule has 0 bridgehead atoms. The fourth-order valence-corrected chi connectivity index (χ4v) is 4.11. The average molecular weight is 454 g/mol. The zero-order chi connectivity index (χ0) is 24.1. The summed E-state index contributed by atoms with van der Waals surface area (Å²) < 4.78 is 10.9. The van der Waals surface area contributed by atoms with E-state index in [-0.39, 0.29) is 22.8 Å². The van der Waals surface area contributed by atoms with Gasteiger partial charge >= 0.3 is 0 Å². The standard InChI is InChI=1S/C26H31NO6/c1-5-7-8-13-27-23(17-10-11-19(28)21(15-17)33-6-2)22(25(30)26(27)31)24(29)18-14-16(3)9-12-20(18)32-4/h9-12,14-15,23,28-29H,5-8,13H2,1-4H3/b24-22+. The Bertz CT molecular complexity index is 1070. The van der Waals surface area contributed by atoms with Crippen LogP contribution in [-0.2, 0) is 9.59 Å². The lowest BCUT2D eigenvalue weighted by atomic mass is 9.94. The van der Waals surface area contributed by atoms with Gasteiger partial charge in [0.15, 0.2) is 11.5 Å². The number of unbranched alkanes of at least 4 members (excludes halogenated alkanes) is 2. The molecule has 3 rings (SSSR count). The first kappa shape index (κ1) is 24.2. The molecule has 0 radical (unpaired) electrons. The van der Waals surface area contributed by atoms with Crippen LogP contribution in [-0.4, -0.2) is 47.1 Å². The number of carbonyl (C=O) groups excluding carboxylic acids is 2. The first-order chi connectivity index (χ1) is 15.8. The number of phenolic OH excluding ortho intramolecular Hbond substituents is 1. The molecule has 0 saturated carbocycles. The number of aliphatic hydroxyl groups is 1. The third-order valence-corrected chi connectivity index (χ3v) is 5.75. The zero-order valence-corrected chi connectivity index (χ0v) is 19.6. The van der Waals surface area contributed by atoms with E-state index in [1.54, 1.807) is 31.2 Å². The predicted octanol–water partition coefficient (Wildman–Crippen LogP) is 4.72. The molecule has 7 nitrogen and oxygen atoms in total. The molecule has 176 valence electrons. The molecule has 1 atom stereocenters. The number of aliphatic hydroxyl groups excluding tert-OH is 1. The van der Waals surface area contributed by atoms with E-state index in [2.05, 4.69) is 6.92 Å². The number of ether oxygens (including phenoxy) is 2. The number of hydrogen-bond acceptors (Lipinski definition) is 6. The van der Waals surface area contributed by atoms with Gasteiger partial charge in [-0.25, -0.2) is 0 Å². The maximum Gasteiger partial charge on any atom is 0.295 e. The number of methoxy groups -OCH3 is 1. The quantitative estimate of drug-likeness (QED) is 0.247. The first-order valence-electron chi connectivity index (χ1n) is 11.2. The van der Waals surface area contributed by atoms with E-state index < -0.39 is 17.7 Å². The SMILES string of the molecule is CCCCCN1C(=O)C(=O)/C(=C(/O)c2cc(C)ccc2OC)C1c1ccc(O)c(OCC)c1. The summed E-state index contributed by atoms with van der Waals surface area (Å²) in [6, 6.07) is 9.19. The number of benzene rings is 2. The molecule has 0 aromatic heterocycles. The molecule has 7 heteroatoms. The van der Waals surface area contributed by atoms with Gasteiger partial charge in [0.2, 0.25) is 0 Å². The van der Waals surface area contributed by atoms with Crippen molar-refractivity contribution in [3.8, 4) is 17.2 Å². The number of aryl methyl sites for hydroxylation is 1. The number of carbonyl (C=O) groups is 2. The summed E-state index contributed by atoms with van der Waals surface area (Å²) in [7, 11) is 1.48. The van der Waals surface area contributed by atoms with Crippen LogP contribution in [0.2, 0.25) is 0 Å². The molecule has 2 N–H and O–H groups in total. The predicted molar refractivity (Wildman–Crippen MR) is 126 cm³/mol. The number of aromatic hydroxyl groups is 1. The Morgan fingerprint density at radius 3 is 2.48 bits per heavy atom. The van der Waals surface area contributed by atoms with E-state index in [1.807, 2.05) is 13.0 Å². The summed E-state index contributed by atoms with van der Waals surface area (Å²) in [5, 5.41) is 21.5. The molecule has 0 aliphatic carbocycles. The van der Waals surface area contributed by atoms with Crippen molar-refractivity contribution in [3.63, 3.8) is 0 Å². The lowest BCUT2D eigenvalue weighted by Crippen LogP contribution is -2.30. The molecular formula is C26H31NO6. The number of ketones is 1. The molecule has 1 amide bonds. The van der Waals surface area contributed by atoms with Crippen LogP contribution in [0.15, 0.2) is 42.0 Å². The summed E-state index contributed by atoms with van der Waals surface area (Å²) in [6.45, 7) is 6.44. The summed E-state index contributed by atoms with van der Waals surface area (Å²) in [6.07, 6.45) is 2.59. The summed E-state index contributed by atoms with van der Waals surface area (Å²) in [4.78, 5) is 27.7. The zero-order valence-electron chi connectivity index (χ0n) is 19.6. The fraction of sp³-hybridized carbons (Fsp3) is 0.385. The summed E-state index contributed by atoms with van der Waals surface area (Å²) in [5.74, 6) is -1.08. The van der Waals surface area contributed by atoms with Crippen molar-refractivity contribution >= 4 is 17.4 Å². The van der Waals surface area contributed by atoms with Gasteiger partial charge in [0.05, 0.1) is 30.9 Å². The van der Waals surface area contributed by atoms with E-state index in [9.17, 15) is 19.8 Å². The minimum atomic E-state index is -0.813. The van der Waals surface area contributed by atoms with Gasteiger partial charge in [-0.1, -0.05) is 37.5 Å². The van der Waals surface area contributed by atoms with Gasteiger partial charge in [0.1, 0.15) is 11.5 Å². The van der Waals surface area contributed by atoms with Gasteiger partial charge in [-0.15, -0.1) is 0 Å². The minimum Gasteiger partial charge on any atom is -0.507 e. The van der Waals surface area contributed by atoms with E-state index in [0.717, 1.165) is 24.8 Å². The second-order valence-electron chi connectivity index (χ2n) is 8.06. The molecule has 1 unspecified atom stereocenters. The summed E-state index contributed by atoms with van der Waals surface area (Å²) in [5.41, 5.74) is 1.78. The van der Waals surface area contributed by atoms with Crippen molar-refractivity contribution in [2.45, 2.75) is 46.1 Å². The van der Waals surface area contributed by atoms with Crippen LogP contribution < -0.4 is 9.47 Å². The van der Waals surface area contributed by atoms with Gasteiger partial charge in [-0.3, -0.25) is 9.59 Å². The van der Waals surface area contributed by atoms with Gasteiger partial charge in [-0.05, 0) is 50.1 Å².